The predicted octanol–water partition coefficient (Wildman–Crippen LogP) is 1.26. The number of aromatic nitrogens is 5. The van der Waals surface area contributed by atoms with E-state index in [2.05, 4.69) is 20.1 Å². The van der Waals surface area contributed by atoms with Gasteiger partial charge in [-0.1, -0.05) is 18.2 Å². The minimum Gasteiger partial charge on any atom is -0.353 e. The van der Waals surface area contributed by atoms with E-state index in [-0.39, 0.29) is 11.5 Å². The number of nitrogens with zero attached hydrogens (tertiary/aromatic N) is 7. The average molecular weight is 417 g/mol. The Bertz CT molecular complexity index is 1300. The van der Waals surface area contributed by atoms with Crippen molar-refractivity contribution in [2.75, 3.05) is 31.1 Å². The van der Waals surface area contributed by atoms with Gasteiger partial charge in [0.15, 0.2) is 0 Å². The standard InChI is InChI=1S/C22H23N7O2/c1-26-21(31)16-6-2-3-7-17(16)29-19(24-25-22(26)29)9-10-20(30)28-14-12-27(13-15-28)18-8-4-5-11-23-18/h2-8,11H,9-10,12-15H2,1H3. The number of para-hydroxylation sites is 1. The largest absolute Gasteiger partial charge is 0.353 e. The molecule has 3 aromatic heterocycles. The van der Waals surface area contributed by atoms with Crippen LogP contribution >= 0.6 is 0 Å². The van der Waals surface area contributed by atoms with E-state index in [0.717, 1.165) is 24.4 Å². The Morgan fingerprint density at radius 3 is 2.55 bits per heavy atom. The number of piperazine rings is 1. The fourth-order valence-corrected chi connectivity index (χ4v) is 4.16. The monoisotopic (exact) mass is 417 g/mol. The van der Waals surface area contributed by atoms with Gasteiger partial charge in [0, 0.05) is 52.3 Å². The van der Waals surface area contributed by atoms with Gasteiger partial charge >= 0.3 is 0 Å². The summed E-state index contributed by atoms with van der Waals surface area (Å²) in [4.78, 5) is 33.9. The highest BCUT2D eigenvalue weighted by Gasteiger charge is 2.22. The van der Waals surface area contributed by atoms with Gasteiger partial charge in [-0.3, -0.25) is 18.6 Å². The van der Waals surface area contributed by atoms with Crippen molar-refractivity contribution in [3.8, 4) is 0 Å². The van der Waals surface area contributed by atoms with Crippen LogP contribution in [0.15, 0.2) is 53.5 Å². The van der Waals surface area contributed by atoms with Crippen molar-refractivity contribution >= 4 is 28.4 Å². The Labute approximate surface area is 178 Å². The molecular weight excluding hydrogens is 394 g/mol. The molecular formula is C22H23N7O2. The summed E-state index contributed by atoms with van der Waals surface area (Å²) in [5.74, 6) is 2.21. The third-order valence-corrected chi connectivity index (χ3v) is 5.86. The van der Waals surface area contributed by atoms with Crippen LogP contribution in [0.2, 0.25) is 0 Å². The summed E-state index contributed by atoms with van der Waals surface area (Å²) in [5, 5.41) is 9.09. The molecule has 9 nitrogen and oxygen atoms in total. The Hall–Kier alpha value is -3.75. The van der Waals surface area contributed by atoms with E-state index >= 15 is 0 Å². The predicted molar refractivity (Wildman–Crippen MR) is 117 cm³/mol. The topological polar surface area (TPSA) is 88.6 Å². The van der Waals surface area contributed by atoms with Gasteiger partial charge < -0.3 is 9.80 Å². The number of hydrogen-bond acceptors (Lipinski definition) is 6. The first kappa shape index (κ1) is 19.2. The van der Waals surface area contributed by atoms with Crippen molar-refractivity contribution in [3.05, 3.63) is 64.8 Å². The second-order valence-corrected chi connectivity index (χ2v) is 7.69. The Morgan fingerprint density at radius 2 is 1.77 bits per heavy atom. The Kier molecular flexibility index (Phi) is 4.85. The van der Waals surface area contributed by atoms with Crippen LogP contribution in [-0.4, -0.2) is 61.1 Å². The summed E-state index contributed by atoms with van der Waals surface area (Å²) in [6.45, 7) is 2.88. The molecule has 0 N–H and O–H groups in total. The van der Waals surface area contributed by atoms with Crippen LogP contribution in [0.25, 0.3) is 16.7 Å². The molecule has 1 amide bonds. The molecule has 1 aromatic carbocycles. The van der Waals surface area contributed by atoms with E-state index in [1.54, 1.807) is 19.3 Å². The van der Waals surface area contributed by atoms with Crippen molar-refractivity contribution in [1.82, 2.24) is 29.0 Å². The van der Waals surface area contributed by atoms with E-state index in [1.165, 1.54) is 4.57 Å². The van der Waals surface area contributed by atoms with E-state index < -0.39 is 0 Å². The maximum atomic E-state index is 12.8. The summed E-state index contributed by atoms with van der Waals surface area (Å²) in [5.41, 5.74) is 0.654. The quantitative estimate of drug-likeness (QED) is 0.497. The van der Waals surface area contributed by atoms with Crippen molar-refractivity contribution in [1.29, 1.82) is 0 Å². The van der Waals surface area contributed by atoms with Crippen LogP contribution in [0.4, 0.5) is 5.82 Å². The smallest absolute Gasteiger partial charge is 0.262 e. The minimum absolute atomic E-state index is 0.103. The number of fused-ring (bicyclic) bond motifs is 3. The van der Waals surface area contributed by atoms with E-state index in [1.807, 2.05) is 45.7 Å². The molecule has 0 bridgehead atoms. The number of hydrogen-bond donors (Lipinski definition) is 0. The van der Waals surface area contributed by atoms with Crippen LogP contribution in [0.1, 0.15) is 12.2 Å². The molecule has 0 atom stereocenters. The molecule has 0 unspecified atom stereocenters. The molecule has 0 aliphatic carbocycles. The summed E-state index contributed by atoms with van der Waals surface area (Å²) in [6.07, 6.45) is 2.60. The molecule has 1 saturated heterocycles. The van der Waals surface area contributed by atoms with Crippen molar-refractivity contribution in [3.63, 3.8) is 0 Å². The number of amides is 1. The van der Waals surface area contributed by atoms with Gasteiger partial charge in [0.1, 0.15) is 11.6 Å². The number of pyridine rings is 1. The maximum Gasteiger partial charge on any atom is 0.262 e. The maximum absolute atomic E-state index is 12.8. The lowest BCUT2D eigenvalue weighted by Crippen LogP contribution is -2.49. The molecule has 5 rings (SSSR count). The fraction of sp³-hybridized carbons (Fsp3) is 0.318. The molecule has 4 heterocycles. The van der Waals surface area contributed by atoms with Gasteiger partial charge in [-0.15, -0.1) is 10.2 Å². The lowest BCUT2D eigenvalue weighted by Gasteiger charge is -2.35. The molecule has 0 radical (unpaired) electrons. The summed E-state index contributed by atoms with van der Waals surface area (Å²) in [6, 6.07) is 13.3. The van der Waals surface area contributed by atoms with Gasteiger partial charge in [-0.25, -0.2) is 4.98 Å². The normalized spacial score (nSPS) is 14.5. The molecule has 0 spiro atoms. The number of carbonyl (C=O) groups is 1. The summed E-state index contributed by atoms with van der Waals surface area (Å²) < 4.78 is 3.38. The SMILES string of the molecule is Cn1c(=O)c2ccccc2n2c(CCC(=O)N3CCN(c4ccccn4)CC3)nnc12. The van der Waals surface area contributed by atoms with Gasteiger partial charge in [-0.2, -0.15) is 0 Å². The lowest BCUT2D eigenvalue weighted by molar-refractivity contribution is -0.131. The average Bonchev–Trinajstić information content (AvgIpc) is 3.26. The van der Waals surface area contributed by atoms with Gasteiger partial charge in [-0.05, 0) is 24.3 Å². The van der Waals surface area contributed by atoms with Crippen molar-refractivity contribution in [2.24, 2.45) is 7.05 Å². The zero-order valence-corrected chi connectivity index (χ0v) is 17.3. The zero-order valence-electron chi connectivity index (χ0n) is 17.3. The Balaban J connectivity index is 1.31. The molecule has 4 aromatic rings. The molecule has 31 heavy (non-hydrogen) atoms. The third-order valence-electron chi connectivity index (χ3n) is 5.86. The lowest BCUT2D eigenvalue weighted by atomic mass is 10.2. The van der Waals surface area contributed by atoms with E-state index in [4.69, 9.17) is 0 Å². The number of aryl methyl sites for hydroxylation is 2. The third kappa shape index (κ3) is 3.41. The van der Waals surface area contributed by atoms with Gasteiger partial charge in [0.2, 0.25) is 11.7 Å². The molecule has 1 aliphatic heterocycles. The number of anilines is 1. The Morgan fingerprint density at radius 1 is 1.00 bits per heavy atom. The van der Waals surface area contributed by atoms with Crippen LogP contribution in [-0.2, 0) is 18.3 Å². The minimum atomic E-state index is -0.107. The second kappa shape index (κ2) is 7.82. The first-order chi connectivity index (χ1) is 15.1. The molecule has 9 heteroatoms. The van der Waals surface area contributed by atoms with Gasteiger partial charge in [0.05, 0.1) is 10.9 Å². The summed E-state index contributed by atoms with van der Waals surface area (Å²) in [7, 11) is 1.69. The zero-order chi connectivity index (χ0) is 21.4. The number of rotatable bonds is 4. The van der Waals surface area contributed by atoms with Crippen LogP contribution < -0.4 is 10.5 Å². The number of carbonyl (C=O) groups excluding carboxylic acids is 1. The van der Waals surface area contributed by atoms with Crippen LogP contribution in [0.3, 0.4) is 0 Å². The molecule has 0 saturated carbocycles. The molecule has 1 fully saturated rings. The van der Waals surface area contributed by atoms with E-state index in [9.17, 15) is 9.59 Å². The highest BCUT2D eigenvalue weighted by Crippen LogP contribution is 2.16. The highest BCUT2D eigenvalue weighted by molar-refractivity contribution is 5.80. The first-order valence-electron chi connectivity index (χ1n) is 10.4. The second-order valence-electron chi connectivity index (χ2n) is 7.69. The van der Waals surface area contributed by atoms with Gasteiger partial charge in [0.25, 0.3) is 5.56 Å². The van der Waals surface area contributed by atoms with Crippen molar-refractivity contribution in [2.45, 2.75) is 12.8 Å². The van der Waals surface area contributed by atoms with E-state index in [0.29, 0.717) is 42.9 Å². The first-order valence-corrected chi connectivity index (χ1v) is 10.4. The van der Waals surface area contributed by atoms with Crippen LogP contribution in [0.5, 0.6) is 0 Å². The molecule has 158 valence electrons. The molecule has 1 aliphatic rings. The van der Waals surface area contributed by atoms with Crippen molar-refractivity contribution < 1.29 is 4.79 Å². The summed E-state index contributed by atoms with van der Waals surface area (Å²) >= 11 is 0. The highest BCUT2D eigenvalue weighted by atomic mass is 16.2. The number of benzene rings is 1. The fourth-order valence-electron chi connectivity index (χ4n) is 4.16. The van der Waals surface area contributed by atoms with Crippen LogP contribution in [0, 0.1) is 0 Å².